The predicted molar refractivity (Wildman–Crippen MR) is 565 cm³/mol. The van der Waals surface area contributed by atoms with Gasteiger partial charge in [0.15, 0.2) is 25.0 Å². The van der Waals surface area contributed by atoms with E-state index < -0.39 is 49.4 Å². The van der Waals surface area contributed by atoms with Gasteiger partial charge >= 0.3 is 24.1 Å². The molecule has 784 valence electrons. The number of nitrogens with zero attached hydrogens (tertiary/aromatic N) is 16. The molecule has 19 rings (SSSR count). The zero-order chi connectivity index (χ0) is 106. The summed E-state index contributed by atoms with van der Waals surface area (Å²) in [5, 5.41) is 63.2. The molecule has 11 atom stereocenters. The molecule has 0 radical (unpaired) electrons. The largest absolute Gasteiger partial charge is 1.00 e. The van der Waals surface area contributed by atoms with Gasteiger partial charge in [0.25, 0.3) is 11.1 Å². The standard InChI is InChI=1S/C17H24N4O3.C14H27NO3Si.C11H14N4O4.C10H11N2.C9H10BrN3.C6H4ClN3.C6H5N3O.C6H10N2.C5H8N2.C4H10.2C3H3NO.C2H4.Cl3OP.ClH.Li/c1-5-21-6-10(12-14(21)9(2)18-8-19-12)13-16-15(11(7-22)20-13)23-17(3,4)24-16;1-13(2,3)19(6,7)16-9-10-12-11(8-15-10)17-14(4,5)18-12;16-2-5-9(17)10(18)7(15-5)4-1-12-8-6(4)13-3-14-11(8)19;1-3-12-7-5-9-10(12)8(2)4-6-11-9;1-3-13-4-7(10)8-9(13)6(2)11-5-12-8;7-6-5-4(1-2-8-5)9-3-10-6;10-6-5-4(1-2-7-5)8-3-9-6;1-6(2)8-5-3-4-7;1-4-5(6)2-3-7-4;1-4(2)3;1-2-4-5-3-1;4-2-1-3-5;1-2;1-5(2,3)4;;/h6,8,11,13,15-16,20,22H,5,7H2,1-4H3;8,10-12H,9H2,1-7H3;1,3,5,7,9-10,12,15-18H,2H2,(H,13,14,19);4,6-7H,3H2,1-2H3;4-5H,3H2,1-2H3;1-3,8H;1-3,7H,(H,8,9,10);3,5-6,8H,1-2H3;2-3,7H,6H2,1H3;4H,1-3H3;1-3H;3H,1H2;1-2H2;;1H;/q;;;-1;;;;;;;;;;;;+1/b;;;;;;;5-3-;;;;;;;;. The minimum absolute atomic E-state index is 0. The molecule has 4 fully saturated rings. The third-order valence-electron chi connectivity index (χ3n) is 22.1. The Labute approximate surface area is 890 Å². The molecule has 0 saturated carbocycles. The smallest absolute Gasteiger partial charge is 1.00 e. The Morgan fingerprint density at radius 1 is 0.724 bits per heavy atom. The number of carbonyl (C=O) groups is 1. The van der Waals surface area contributed by atoms with Crippen LogP contribution in [0.25, 0.3) is 66.2 Å². The molecule has 5 aliphatic rings. The number of aromatic nitrogens is 19. The van der Waals surface area contributed by atoms with Crippen molar-refractivity contribution < 1.29 is 94.3 Å². The summed E-state index contributed by atoms with van der Waals surface area (Å²) in [4.78, 5) is 89.9. The number of nitriles is 2. The number of anilines is 1. The summed E-state index contributed by atoms with van der Waals surface area (Å²) in [7, 11) is -1.72. The van der Waals surface area contributed by atoms with Crippen molar-refractivity contribution in [2.45, 2.75) is 260 Å². The second kappa shape index (κ2) is 60.9. The number of aliphatic hydroxyl groups is 4. The Kier molecular flexibility index (Phi) is 53.4. The first-order valence-electron chi connectivity index (χ1n) is 45.8. The predicted octanol–water partition coefficient (Wildman–Crippen LogP) is 9.75. The average Bonchev–Trinajstić information content (AvgIpc) is 1.58. The van der Waals surface area contributed by atoms with Crippen LogP contribution in [-0.2, 0) is 52.4 Å². The Hall–Kier alpha value is -10.2. The van der Waals surface area contributed by atoms with Crippen molar-refractivity contribution >= 4 is 159 Å². The van der Waals surface area contributed by atoms with Crippen molar-refractivity contribution in [1.82, 2.24) is 104 Å². The Morgan fingerprint density at radius 3 is 1.80 bits per heavy atom. The average molecular weight is 2200 g/mol. The fourth-order valence-electron chi connectivity index (χ4n) is 14.5. The van der Waals surface area contributed by atoms with Crippen LogP contribution in [0.2, 0.25) is 23.3 Å². The molecule has 4 saturated heterocycles. The first-order chi connectivity index (χ1) is 67.6. The summed E-state index contributed by atoms with van der Waals surface area (Å²) in [5.74, 6) is -0.311. The molecular weight excluding hydrogens is 2060 g/mol. The summed E-state index contributed by atoms with van der Waals surface area (Å²) in [6.07, 6.45) is 28.5. The maximum Gasteiger partial charge on any atom is 1.00 e. The maximum absolute atomic E-state index is 11.6. The molecule has 0 aromatic carbocycles. The Balaban J connectivity index is 0.000000337. The number of rotatable bonds is 13. The summed E-state index contributed by atoms with van der Waals surface area (Å²) in [5.41, 5.74) is 21.8. The van der Waals surface area contributed by atoms with Crippen LogP contribution in [0.3, 0.4) is 0 Å². The number of allylic oxidation sites excluding steroid dienone is 1. The molecular formula is C96H134BrCl5LiN26O14PSi. The summed E-state index contributed by atoms with van der Waals surface area (Å²) < 4.78 is 51.5. The van der Waals surface area contributed by atoms with E-state index in [9.17, 15) is 34.3 Å². The number of nitrogens with two attached hydrogens (primary N) is 2. The first-order valence-corrected chi connectivity index (χ1v) is 54.3. The van der Waals surface area contributed by atoms with E-state index >= 15 is 0 Å². The molecule has 14 aromatic heterocycles. The van der Waals surface area contributed by atoms with Crippen LogP contribution >= 0.6 is 66.5 Å². The van der Waals surface area contributed by atoms with Gasteiger partial charge in [0.1, 0.15) is 114 Å². The molecule has 40 nitrogen and oxygen atoms in total. The van der Waals surface area contributed by atoms with E-state index in [4.69, 9.17) is 56.3 Å². The first kappa shape index (κ1) is 127. The van der Waals surface area contributed by atoms with E-state index in [1.807, 2.05) is 118 Å². The number of halogens is 6. The van der Waals surface area contributed by atoms with Crippen molar-refractivity contribution in [3.63, 3.8) is 0 Å². The van der Waals surface area contributed by atoms with Crippen molar-refractivity contribution in [1.29, 1.82) is 10.5 Å². The van der Waals surface area contributed by atoms with E-state index in [2.05, 4.69) is 271 Å². The number of hydrogen-bond acceptors (Lipinski definition) is 30. The van der Waals surface area contributed by atoms with Gasteiger partial charge in [-0.3, -0.25) is 24.1 Å². The third kappa shape index (κ3) is 37.9. The molecule has 19 heterocycles. The summed E-state index contributed by atoms with van der Waals surface area (Å²) >= 11 is 23.0. The monoisotopic (exact) mass is 2190 g/mol. The van der Waals surface area contributed by atoms with Crippen LogP contribution in [0.5, 0.6) is 0 Å². The third-order valence-corrected chi connectivity index (χ3v) is 27.4. The fraction of sp³-hybridized carbons (Fsp3) is 0.458. The number of pyridine rings is 1. The topological polar surface area (TPSA) is 574 Å². The molecule has 145 heavy (non-hydrogen) atoms. The number of ether oxygens (including phenoxy) is 4. The molecule has 11 unspecified atom stereocenters. The molecule has 0 aliphatic carbocycles. The second-order valence-electron chi connectivity index (χ2n) is 35.6. The van der Waals surface area contributed by atoms with Gasteiger partial charge in [-0.15, -0.1) is 24.9 Å². The van der Waals surface area contributed by atoms with E-state index in [0.717, 1.165) is 97.0 Å². The molecule has 49 heteroatoms. The van der Waals surface area contributed by atoms with E-state index in [1.165, 1.54) is 42.4 Å². The van der Waals surface area contributed by atoms with Crippen molar-refractivity contribution in [3.8, 4) is 12.1 Å². The fourth-order valence-corrected chi connectivity index (χ4v) is 16.2. The molecule has 0 amide bonds. The number of aryl methyl sites for hydroxylation is 7. The summed E-state index contributed by atoms with van der Waals surface area (Å²) in [6.45, 7) is 53.1. The number of hydrogen-bond donors (Lipinski definition) is 14. The van der Waals surface area contributed by atoms with Crippen LogP contribution in [0.4, 0.5) is 5.69 Å². The van der Waals surface area contributed by atoms with Crippen LogP contribution in [-0.4, -0.2) is 227 Å². The second-order valence-corrected chi connectivity index (χ2v) is 48.3. The quantitative estimate of drug-likeness (QED) is 0.00970. The minimum atomic E-state index is -3.22. The van der Waals surface area contributed by atoms with Crippen LogP contribution < -0.4 is 64.1 Å². The van der Waals surface area contributed by atoms with E-state index in [0.29, 0.717) is 51.7 Å². The van der Waals surface area contributed by atoms with Gasteiger partial charge in [0, 0.05) is 98.8 Å². The van der Waals surface area contributed by atoms with Gasteiger partial charge in [-0.1, -0.05) is 82.3 Å². The molecule has 14 aromatic rings. The number of aromatic amines is 6. The maximum atomic E-state index is 11.6. The van der Waals surface area contributed by atoms with Gasteiger partial charge < -0.3 is 131 Å². The van der Waals surface area contributed by atoms with Crippen molar-refractivity contribution in [3.05, 3.63) is 220 Å². The number of nitrogen functional groups attached to an aromatic ring is 1. The number of fused-ring (bicyclic) bond motifs is 8. The van der Waals surface area contributed by atoms with E-state index in [-0.39, 0.29) is 110 Å². The molecule has 5 aliphatic heterocycles. The zero-order valence-electron chi connectivity index (χ0n) is 85.6. The number of aliphatic hydroxyl groups excluding tert-OH is 4. The van der Waals surface area contributed by atoms with Gasteiger partial charge in [-0.2, -0.15) is 10.5 Å². The summed E-state index contributed by atoms with van der Waals surface area (Å²) in [6, 6.07) is 15.2. The number of H-pyrrole nitrogens is 6. The van der Waals surface area contributed by atoms with Crippen LogP contribution in [0.15, 0.2) is 173 Å². The van der Waals surface area contributed by atoms with Crippen LogP contribution in [0.1, 0.15) is 156 Å². The van der Waals surface area contributed by atoms with Gasteiger partial charge in [-0.25, -0.2) is 45.9 Å². The van der Waals surface area contributed by atoms with E-state index in [1.54, 1.807) is 67.2 Å². The molecule has 0 bridgehead atoms. The Morgan fingerprint density at radius 2 is 1.29 bits per heavy atom. The number of quaternary nitrogens is 1. The van der Waals surface area contributed by atoms with Crippen molar-refractivity contribution in [2.24, 2.45) is 10.9 Å². The number of aliphatic imine (C=N–C) groups is 1. The number of aldehydes is 1. The molecule has 16 N–H and O–H groups in total. The van der Waals surface area contributed by atoms with Crippen LogP contribution in [0, 0.1) is 62.3 Å². The van der Waals surface area contributed by atoms with Gasteiger partial charge in [-0.05, 0) is 181 Å². The molecule has 0 spiro atoms. The SMILES string of the molecule is C=C.CC(C)C.CC(C)N/C=C\C#N.CC1(C)OC2C=NC(CO[Si](C)(C)C(C)(C)C)C2O1.CCn1c[c-]c2nccc(C)c21.CCn1cc(Br)c2ncnc(C)c21.CCn1cc(C2NC(CO)C3OC(C)(C)OC23)c2ncnc(C)c21.Cc1[nH]ccc1N.Clc1ncnc2cc[nH]c12.N#CCC=O.O=P(Cl)(Cl)Cl.O=c1[nH]cnc2c(C3[NH2+]C(CO)C(O)C3O)c[nH]c12.O=c1[nH]cnc2cc[nH]c12.[Cl-].[Li+].c1cnoc1. The zero-order valence-corrected chi connectivity index (χ0v) is 92.9. The normalized spacial score (nSPS) is 19.2. The van der Waals surface area contributed by atoms with Crippen molar-refractivity contribution in [2.75, 3.05) is 25.6 Å². The Bertz CT molecular complexity index is 6540. The van der Waals surface area contributed by atoms with Gasteiger partial charge in [0.2, 0.25) is 0 Å². The minimum Gasteiger partial charge on any atom is -1.00 e. The number of carbonyl (C=O) groups excluding carboxylic acids is 1. The number of nitrogens with one attached hydrogen (secondary N) is 8. The van der Waals surface area contributed by atoms with Gasteiger partial charge in [0.05, 0.1) is 124 Å².